The zero-order valence-electron chi connectivity index (χ0n) is 53.9. The van der Waals surface area contributed by atoms with Crippen LogP contribution >= 0.6 is 0 Å². The Labute approximate surface area is 494 Å². The molecule has 0 bridgehead atoms. The van der Waals surface area contributed by atoms with Crippen molar-refractivity contribution in [3.63, 3.8) is 0 Å². The second-order valence-electron chi connectivity index (χ2n) is 24.9. The highest BCUT2D eigenvalue weighted by Gasteiger charge is 2.19. The molecule has 0 radical (unpaired) electrons. The van der Waals surface area contributed by atoms with E-state index in [0.29, 0.717) is 19.3 Å². The fourth-order valence-corrected chi connectivity index (χ4v) is 11.3. The van der Waals surface area contributed by atoms with E-state index in [1.54, 1.807) is 0 Å². The van der Waals surface area contributed by atoms with Gasteiger partial charge in [-0.3, -0.25) is 14.4 Å². The van der Waals surface area contributed by atoms with E-state index >= 15 is 0 Å². The van der Waals surface area contributed by atoms with Gasteiger partial charge in [0.05, 0.1) is 0 Å². The Hall–Kier alpha value is -1.85. The van der Waals surface area contributed by atoms with Crippen molar-refractivity contribution in [2.75, 3.05) is 13.2 Å². The zero-order chi connectivity index (χ0) is 57.1. The summed E-state index contributed by atoms with van der Waals surface area (Å²) >= 11 is 0. The summed E-state index contributed by atoms with van der Waals surface area (Å²) in [6.45, 7) is 6.70. The molecule has 79 heavy (non-hydrogen) atoms. The lowest BCUT2D eigenvalue weighted by Gasteiger charge is -2.18. The minimum Gasteiger partial charge on any atom is -0.462 e. The molecule has 0 rings (SSSR count). The molecule has 0 aliphatic carbocycles. The van der Waals surface area contributed by atoms with Gasteiger partial charge < -0.3 is 14.2 Å². The van der Waals surface area contributed by atoms with Gasteiger partial charge in [0.15, 0.2) is 6.10 Å². The number of esters is 3. The Morgan fingerprint density at radius 1 is 0.241 bits per heavy atom. The largest absolute Gasteiger partial charge is 0.462 e. The van der Waals surface area contributed by atoms with Crippen LogP contribution in [-0.2, 0) is 28.6 Å². The van der Waals surface area contributed by atoms with Gasteiger partial charge in [0.1, 0.15) is 13.2 Å². The lowest BCUT2D eigenvalue weighted by Crippen LogP contribution is -2.30. The van der Waals surface area contributed by atoms with Gasteiger partial charge in [-0.2, -0.15) is 0 Å². The SMILES string of the molecule is CCCCCCCCCC/C=C\CCCCCCCCCCCCCCCCCCCCCCCCCC(=O)OCC(COC(=O)CCCCCCCCCCC)OC(=O)CCCCCCCCCCCCCCCCCCC. The van der Waals surface area contributed by atoms with Crippen LogP contribution < -0.4 is 0 Å². The maximum atomic E-state index is 12.9. The van der Waals surface area contributed by atoms with Gasteiger partial charge >= 0.3 is 17.9 Å². The predicted molar refractivity (Wildman–Crippen MR) is 344 cm³/mol. The first-order chi connectivity index (χ1) is 39.0. The second kappa shape index (κ2) is 68.6. The van der Waals surface area contributed by atoms with Crippen molar-refractivity contribution < 1.29 is 28.6 Å². The van der Waals surface area contributed by atoms with Crippen LogP contribution in [0.25, 0.3) is 0 Å². The van der Waals surface area contributed by atoms with Crippen LogP contribution in [0, 0.1) is 0 Å². The minimum atomic E-state index is -0.763. The first kappa shape index (κ1) is 77.2. The lowest BCUT2D eigenvalue weighted by atomic mass is 10.0. The lowest BCUT2D eigenvalue weighted by molar-refractivity contribution is -0.167. The predicted octanol–water partition coefficient (Wildman–Crippen LogP) is 24.8. The van der Waals surface area contributed by atoms with Crippen LogP contribution in [0.5, 0.6) is 0 Å². The topological polar surface area (TPSA) is 78.9 Å². The van der Waals surface area contributed by atoms with Crippen LogP contribution in [-0.4, -0.2) is 37.2 Å². The molecular formula is C73H140O6. The summed E-state index contributed by atoms with van der Waals surface area (Å²) < 4.78 is 16.9. The maximum absolute atomic E-state index is 12.9. The maximum Gasteiger partial charge on any atom is 0.306 e. The number of unbranched alkanes of at least 4 members (excludes halogenated alkanes) is 55. The van der Waals surface area contributed by atoms with Gasteiger partial charge in [-0.15, -0.1) is 0 Å². The average molecular weight is 1110 g/mol. The summed E-state index contributed by atoms with van der Waals surface area (Å²) in [6.07, 6.45) is 82.8. The van der Waals surface area contributed by atoms with Crippen LogP contribution in [0.4, 0.5) is 0 Å². The standard InChI is InChI=1S/C73H140O6/c1-4-7-10-13-16-19-21-23-25-27-28-29-30-31-32-33-34-35-36-37-38-39-40-41-42-43-44-46-47-49-51-54-57-60-63-66-72(75)78-69-70(68-77-71(74)65-62-59-56-53-18-15-12-9-6-3)79-73(76)67-64-61-58-55-52-50-48-45-26-24-22-20-17-14-11-8-5-2/h27-28,70H,4-26,29-69H2,1-3H3/b28-27-. The second-order valence-corrected chi connectivity index (χ2v) is 24.9. The summed E-state index contributed by atoms with van der Waals surface area (Å²) in [6, 6.07) is 0. The number of ether oxygens (including phenoxy) is 3. The van der Waals surface area contributed by atoms with Gasteiger partial charge in [-0.1, -0.05) is 367 Å². The molecule has 0 amide bonds. The summed E-state index contributed by atoms with van der Waals surface area (Å²) in [4.78, 5) is 38.2. The molecule has 6 heteroatoms. The number of carbonyl (C=O) groups excluding carboxylic acids is 3. The van der Waals surface area contributed by atoms with Crippen molar-refractivity contribution in [2.24, 2.45) is 0 Å². The van der Waals surface area contributed by atoms with E-state index in [-0.39, 0.29) is 31.1 Å². The quantitative estimate of drug-likeness (QED) is 0.0261. The number of hydrogen-bond donors (Lipinski definition) is 0. The molecule has 0 aromatic rings. The molecule has 468 valence electrons. The van der Waals surface area contributed by atoms with Crippen molar-refractivity contribution in [1.29, 1.82) is 0 Å². The Morgan fingerprint density at radius 3 is 0.633 bits per heavy atom. The van der Waals surface area contributed by atoms with Crippen LogP contribution in [0.3, 0.4) is 0 Å². The summed E-state index contributed by atoms with van der Waals surface area (Å²) in [5.41, 5.74) is 0. The fraction of sp³-hybridized carbons (Fsp3) is 0.932. The Balaban J connectivity index is 3.95. The third kappa shape index (κ3) is 66.8. The van der Waals surface area contributed by atoms with Crippen LogP contribution in [0.1, 0.15) is 419 Å². The van der Waals surface area contributed by atoms with Crippen molar-refractivity contribution >= 4 is 17.9 Å². The van der Waals surface area contributed by atoms with E-state index in [0.717, 1.165) is 57.8 Å². The number of rotatable bonds is 68. The molecule has 0 fully saturated rings. The van der Waals surface area contributed by atoms with Crippen LogP contribution in [0.15, 0.2) is 12.2 Å². The Bertz CT molecular complexity index is 1230. The Kier molecular flexibility index (Phi) is 67.0. The Morgan fingerprint density at radius 2 is 0.418 bits per heavy atom. The molecule has 1 unspecified atom stereocenters. The number of allylic oxidation sites excluding steroid dienone is 2. The van der Waals surface area contributed by atoms with Gasteiger partial charge in [0, 0.05) is 19.3 Å². The van der Waals surface area contributed by atoms with Crippen LogP contribution in [0.2, 0.25) is 0 Å². The first-order valence-corrected chi connectivity index (χ1v) is 36.2. The van der Waals surface area contributed by atoms with Crippen molar-refractivity contribution in [2.45, 2.75) is 425 Å². The fourth-order valence-electron chi connectivity index (χ4n) is 11.3. The molecule has 0 aliphatic heterocycles. The van der Waals surface area contributed by atoms with Gasteiger partial charge in [0.2, 0.25) is 0 Å². The average Bonchev–Trinajstić information content (AvgIpc) is 3.45. The molecule has 0 spiro atoms. The van der Waals surface area contributed by atoms with E-state index in [9.17, 15) is 14.4 Å². The minimum absolute atomic E-state index is 0.0620. The molecular weight excluding hydrogens is 973 g/mol. The molecule has 0 N–H and O–H groups in total. The van der Waals surface area contributed by atoms with E-state index in [2.05, 4.69) is 32.9 Å². The third-order valence-corrected chi connectivity index (χ3v) is 16.8. The van der Waals surface area contributed by atoms with E-state index < -0.39 is 6.10 Å². The molecule has 0 saturated heterocycles. The van der Waals surface area contributed by atoms with Gasteiger partial charge in [0.25, 0.3) is 0 Å². The van der Waals surface area contributed by atoms with E-state index in [1.165, 1.54) is 321 Å². The highest BCUT2D eigenvalue weighted by molar-refractivity contribution is 5.71. The molecule has 6 nitrogen and oxygen atoms in total. The first-order valence-electron chi connectivity index (χ1n) is 36.2. The number of hydrogen-bond acceptors (Lipinski definition) is 6. The normalized spacial score (nSPS) is 12.0. The highest BCUT2D eigenvalue weighted by Crippen LogP contribution is 2.19. The smallest absolute Gasteiger partial charge is 0.306 e. The van der Waals surface area contributed by atoms with Crippen molar-refractivity contribution in [3.8, 4) is 0 Å². The van der Waals surface area contributed by atoms with E-state index in [4.69, 9.17) is 14.2 Å². The highest BCUT2D eigenvalue weighted by atomic mass is 16.6. The van der Waals surface area contributed by atoms with Crippen molar-refractivity contribution in [1.82, 2.24) is 0 Å². The van der Waals surface area contributed by atoms with Gasteiger partial charge in [-0.25, -0.2) is 0 Å². The summed E-state index contributed by atoms with van der Waals surface area (Å²) in [7, 11) is 0. The molecule has 0 saturated carbocycles. The molecule has 0 aromatic carbocycles. The van der Waals surface area contributed by atoms with Gasteiger partial charge in [-0.05, 0) is 44.9 Å². The summed E-state index contributed by atoms with van der Waals surface area (Å²) in [5.74, 6) is -0.832. The third-order valence-electron chi connectivity index (χ3n) is 16.8. The monoisotopic (exact) mass is 1110 g/mol. The molecule has 0 heterocycles. The molecule has 1 atom stereocenters. The van der Waals surface area contributed by atoms with Crippen molar-refractivity contribution in [3.05, 3.63) is 12.2 Å². The van der Waals surface area contributed by atoms with E-state index in [1.807, 2.05) is 0 Å². The molecule has 0 aromatic heterocycles. The zero-order valence-corrected chi connectivity index (χ0v) is 53.9. The molecule has 0 aliphatic rings. The number of carbonyl (C=O) groups is 3. The summed E-state index contributed by atoms with van der Waals surface area (Å²) in [5, 5.41) is 0.